The molecule has 1 aromatic rings. The molecule has 1 atom stereocenters. The first kappa shape index (κ1) is 13.9. The summed E-state index contributed by atoms with van der Waals surface area (Å²) in [6.45, 7) is 5.59. The van der Waals surface area contributed by atoms with Crippen LogP contribution in [0, 0.1) is 5.92 Å². The van der Waals surface area contributed by atoms with Crippen molar-refractivity contribution in [1.29, 1.82) is 0 Å². The standard InChI is InChI=1S/C13H16BrNO2/c1-9(2)13(3,14)12(17)15-11(16)10-7-5-4-6-8-10/h4-9H,1-3H3,(H,15,16,17). The molecule has 17 heavy (non-hydrogen) atoms. The van der Waals surface area contributed by atoms with E-state index in [9.17, 15) is 9.59 Å². The summed E-state index contributed by atoms with van der Waals surface area (Å²) in [6, 6.07) is 8.68. The number of benzene rings is 1. The Morgan fingerprint density at radius 2 is 1.76 bits per heavy atom. The maximum atomic E-state index is 11.9. The van der Waals surface area contributed by atoms with Gasteiger partial charge in [-0.25, -0.2) is 0 Å². The quantitative estimate of drug-likeness (QED) is 0.872. The van der Waals surface area contributed by atoms with Gasteiger partial charge in [0.1, 0.15) is 4.32 Å². The Morgan fingerprint density at radius 3 is 2.24 bits per heavy atom. The van der Waals surface area contributed by atoms with Crippen LogP contribution >= 0.6 is 15.9 Å². The van der Waals surface area contributed by atoms with E-state index in [1.807, 2.05) is 19.9 Å². The van der Waals surface area contributed by atoms with Gasteiger partial charge >= 0.3 is 0 Å². The number of amides is 2. The molecule has 4 heteroatoms. The first-order valence-corrected chi connectivity index (χ1v) is 6.24. The van der Waals surface area contributed by atoms with Crippen molar-refractivity contribution in [2.45, 2.75) is 25.1 Å². The molecule has 0 aromatic heterocycles. The molecule has 1 N–H and O–H groups in total. The number of alkyl halides is 1. The molecular formula is C13H16BrNO2. The van der Waals surface area contributed by atoms with Gasteiger partial charge in [0.05, 0.1) is 0 Å². The van der Waals surface area contributed by atoms with Gasteiger partial charge in [-0.15, -0.1) is 0 Å². The van der Waals surface area contributed by atoms with Gasteiger partial charge in [-0.05, 0) is 25.0 Å². The number of carbonyl (C=O) groups is 2. The van der Waals surface area contributed by atoms with Crippen molar-refractivity contribution in [2.75, 3.05) is 0 Å². The number of carbonyl (C=O) groups excluding carboxylic acids is 2. The Bertz CT molecular complexity index is 413. The zero-order valence-electron chi connectivity index (χ0n) is 10.2. The zero-order chi connectivity index (χ0) is 13.1. The molecule has 0 saturated heterocycles. The molecule has 2 amide bonds. The molecule has 0 saturated carbocycles. The summed E-state index contributed by atoms with van der Waals surface area (Å²) in [5, 5.41) is 2.39. The SMILES string of the molecule is CC(C)C(C)(Br)C(=O)NC(=O)c1ccccc1. The van der Waals surface area contributed by atoms with E-state index in [4.69, 9.17) is 0 Å². The summed E-state index contributed by atoms with van der Waals surface area (Å²) in [5.41, 5.74) is 0.480. The lowest BCUT2D eigenvalue weighted by Crippen LogP contribution is -2.46. The van der Waals surface area contributed by atoms with E-state index in [-0.39, 0.29) is 17.7 Å². The minimum atomic E-state index is -0.739. The third-order valence-corrected chi connectivity index (χ3v) is 4.07. The van der Waals surface area contributed by atoms with Gasteiger partial charge < -0.3 is 0 Å². The van der Waals surface area contributed by atoms with Crippen LogP contribution in [0.4, 0.5) is 0 Å². The molecule has 0 fully saturated rings. The highest BCUT2D eigenvalue weighted by Crippen LogP contribution is 2.27. The smallest absolute Gasteiger partial charge is 0.257 e. The van der Waals surface area contributed by atoms with Gasteiger partial charge in [0, 0.05) is 5.56 Å². The molecule has 0 heterocycles. The second-order valence-corrected chi connectivity index (χ2v) is 6.03. The Kier molecular flexibility index (Phi) is 4.46. The van der Waals surface area contributed by atoms with Crippen LogP contribution in [0.3, 0.4) is 0 Å². The summed E-state index contributed by atoms with van der Waals surface area (Å²) in [5.74, 6) is -0.602. The molecule has 0 radical (unpaired) electrons. The fraction of sp³-hybridized carbons (Fsp3) is 0.385. The van der Waals surface area contributed by atoms with Gasteiger partial charge in [-0.1, -0.05) is 48.0 Å². The van der Waals surface area contributed by atoms with Crippen LogP contribution in [0.25, 0.3) is 0 Å². The fourth-order valence-corrected chi connectivity index (χ4v) is 1.25. The molecule has 1 rings (SSSR count). The second kappa shape index (κ2) is 5.45. The van der Waals surface area contributed by atoms with Crippen molar-refractivity contribution in [3.63, 3.8) is 0 Å². The largest absolute Gasteiger partial charge is 0.291 e. The van der Waals surface area contributed by atoms with E-state index in [0.29, 0.717) is 5.56 Å². The Balaban J connectivity index is 2.74. The monoisotopic (exact) mass is 297 g/mol. The Labute approximate surface area is 110 Å². The molecule has 92 valence electrons. The Hall–Kier alpha value is -1.16. The summed E-state index contributed by atoms with van der Waals surface area (Å²) < 4.78 is -0.739. The number of imide groups is 1. The molecular weight excluding hydrogens is 282 g/mol. The average molecular weight is 298 g/mol. The van der Waals surface area contributed by atoms with E-state index in [0.717, 1.165) is 0 Å². The van der Waals surface area contributed by atoms with Crippen molar-refractivity contribution < 1.29 is 9.59 Å². The van der Waals surface area contributed by atoms with Gasteiger partial charge in [0.2, 0.25) is 5.91 Å². The average Bonchev–Trinajstić information content (AvgIpc) is 2.29. The molecule has 0 aliphatic carbocycles. The highest BCUT2D eigenvalue weighted by atomic mass is 79.9. The van der Waals surface area contributed by atoms with Gasteiger partial charge in [0.25, 0.3) is 5.91 Å². The van der Waals surface area contributed by atoms with Crippen LogP contribution in [-0.4, -0.2) is 16.1 Å². The second-order valence-electron chi connectivity index (χ2n) is 4.38. The molecule has 0 aliphatic rings. The molecule has 0 spiro atoms. The first-order chi connectivity index (χ1) is 7.85. The third-order valence-electron chi connectivity index (χ3n) is 2.79. The lowest BCUT2D eigenvalue weighted by atomic mass is 9.97. The molecule has 1 unspecified atom stereocenters. The van der Waals surface area contributed by atoms with E-state index >= 15 is 0 Å². The summed E-state index contributed by atoms with van der Waals surface area (Å²) in [4.78, 5) is 23.7. The summed E-state index contributed by atoms with van der Waals surface area (Å²) in [7, 11) is 0. The van der Waals surface area contributed by atoms with Crippen molar-refractivity contribution in [1.82, 2.24) is 5.32 Å². The molecule has 1 aromatic carbocycles. The van der Waals surface area contributed by atoms with Crippen LogP contribution in [-0.2, 0) is 4.79 Å². The van der Waals surface area contributed by atoms with Crippen LogP contribution in [0.15, 0.2) is 30.3 Å². The topological polar surface area (TPSA) is 46.2 Å². The maximum absolute atomic E-state index is 11.9. The van der Waals surface area contributed by atoms with Gasteiger partial charge in [-0.2, -0.15) is 0 Å². The Morgan fingerprint density at radius 1 is 1.24 bits per heavy atom. The predicted octanol–water partition coefficient (Wildman–Crippen LogP) is 2.75. The number of hydrogen-bond acceptors (Lipinski definition) is 2. The lowest BCUT2D eigenvalue weighted by molar-refractivity contribution is -0.122. The van der Waals surface area contributed by atoms with Gasteiger partial charge in [-0.3, -0.25) is 14.9 Å². The predicted molar refractivity (Wildman–Crippen MR) is 71.1 cm³/mol. The van der Waals surface area contributed by atoms with Crippen LogP contribution < -0.4 is 5.32 Å². The van der Waals surface area contributed by atoms with E-state index < -0.39 is 4.32 Å². The zero-order valence-corrected chi connectivity index (χ0v) is 11.7. The van der Waals surface area contributed by atoms with E-state index in [1.54, 1.807) is 31.2 Å². The van der Waals surface area contributed by atoms with Crippen molar-refractivity contribution >= 4 is 27.7 Å². The third kappa shape index (κ3) is 3.40. The molecule has 3 nitrogen and oxygen atoms in total. The maximum Gasteiger partial charge on any atom is 0.257 e. The van der Waals surface area contributed by atoms with E-state index in [1.165, 1.54) is 0 Å². The van der Waals surface area contributed by atoms with Gasteiger partial charge in [0.15, 0.2) is 0 Å². The number of nitrogens with one attached hydrogen (secondary N) is 1. The minimum Gasteiger partial charge on any atom is -0.291 e. The molecule has 0 aliphatic heterocycles. The number of hydrogen-bond donors (Lipinski definition) is 1. The van der Waals surface area contributed by atoms with E-state index in [2.05, 4.69) is 21.2 Å². The summed E-state index contributed by atoms with van der Waals surface area (Å²) in [6.07, 6.45) is 0. The number of halogens is 1. The van der Waals surface area contributed by atoms with Crippen molar-refractivity contribution in [3.8, 4) is 0 Å². The minimum absolute atomic E-state index is 0.0890. The lowest BCUT2D eigenvalue weighted by Gasteiger charge is -2.25. The normalized spacial score (nSPS) is 14.2. The van der Waals surface area contributed by atoms with Crippen LogP contribution in [0.1, 0.15) is 31.1 Å². The highest BCUT2D eigenvalue weighted by Gasteiger charge is 2.34. The first-order valence-electron chi connectivity index (χ1n) is 5.45. The molecule has 0 bridgehead atoms. The summed E-state index contributed by atoms with van der Waals surface area (Å²) >= 11 is 3.35. The fourth-order valence-electron chi connectivity index (χ4n) is 1.15. The highest BCUT2D eigenvalue weighted by molar-refractivity contribution is 9.10. The van der Waals surface area contributed by atoms with Crippen LogP contribution in [0.5, 0.6) is 0 Å². The van der Waals surface area contributed by atoms with Crippen LogP contribution in [0.2, 0.25) is 0 Å². The number of rotatable bonds is 3. The van der Waals surface area contributed by atoms with Crippen molar-refractivity contribution in [2.24, 2.45) is 5.92 Å². The van der Waals surface area contributed by atoms with Crippen molar-refractivity contribution in [3.05, 3.63) is 35.9 Å².